The molecule has 0 fully saturated rings. The fraction of sp³-hybridized carbons (Fsp3) is 0.316. The molecule has 22 heavy (non-hydrogen) atoms. The van der Waals surface area contributed by atoms with Crippen molar-refractivity contribution in [3.8, 4) is 0 Å². The van der Waals surface area contributed by atoms with Crippen LogP contribution in [0.3, 0.4) is 0 Å². The first-order valence-electron chi connectivity index (χ1n) is 7.72. The second kappa shape index (κ2) is 6.59. The summed E-state index contributed by atoms with van der Waals surface area (Å²) in [5, 5.41) is 1.39. The topological polar surface area (TPSA) is 16.1 Å². The van der Waals surface area contributed by atoms with Crippen LogP contribution in [0.4, 0.5) is 0 Å². The number of rotatable bonds is 5. The van der Waals surface area contributed by atoms with Gasteiger partial charge in [0.25, 0.3) is 0 Å². The van der Waals surface area contributed by atoms with Gasteiger partial charge in [0.05, 0.1) is 0 Å². The summed E-state index contributed by atoms with van der Waals surface area (Å²) < 4.78 is 1.38. The molecular formula is C19H22N2S. The van der Waals surface area contributed by atoms with Crippen molar-refractivity contribution in [1.29, 1.82) is 0 Å². The van der Waals surface area contributed by atoms with Crippen molar-refractivity contribution < 1.29 is 0 Å². The summed E-state index contributed by atoms with van der Waals surface area (Å²) >= 11 is 1.93. The number of fused-ring (bicyclic) bond motifs is 1. The van der Waals surface area contributed by atoms with Crippen molar-refractivity contribution in [1.82, 2.24) is 9.88 Å². The minimum absolute atomic E-state index is 0.328. The predicted molar refractivity (Wildman–Crippen MR) is 95.8 cm³/mol. The van der Waals surface area contributed by atoms with Crippen molar-refractivity contribution in [3.63, 3.8) is 0 Å². The second-order valence-corrected chi connectivity index (χ2v) is 7.10. The normalized spacial score (nSPS) is 12.9. The molecule has 3 rings (SSSR count). The Morgan fingerprint density at radius 2 is 1.95 bits per heavy atom. The molecule has 0 radical (unpaired) electrons. The molecule has 0 bridgehead atoms. The molecule has 0 spiro atoms. The molecule has 0 aliphatic heterocycles. The Morgan fingerprint density at radius 1 is 1.18 bits per heavy atom. The fourth-order valence-corrected chi connectivity index (χ4v) is 4.17. The Hall–Kier alpha value is -1.71. The summed E-state index contributed by atoms with van der Waals surface area (Å²) in [6, 6.07) is 14.9. The lowest BCUT2D eigenvalue weighted by Crippen LogP contribution is -2.15. The molecule has 0 aliphatic carbocycles. The lowest BCUT2D eigenvalue weighted by molar-refractivity contribution is 0.414. The monoisotopic (exact) mass is 312 g/mol. The zero-order valence-electron chi connectivity index (χ0n) is 13.4. The second-order valence-electron chi connectivity index (χ2n) is 5.96. The molecule has 3 aromatic rings. The van der Waals surface area contributed by atoms with E-state index in [1.54, 1.807) is 0 Å². The van der Waals surface area contributed by atoms with Crippen LogP contribution in [0.25, 0.3) is 10.1 Å². The molecule has 0 N–H and O–H groups in total. The first-order chi connectivity index (χ1) is 10.7. The summed E-state index contributed by atoms with van der Waals surface area (Å²) in [5.74, 6) is 0.328. The molecule has 0 unspecified atom stereocenters. The molecule has 0 amide bonds. The van der Waals surface area contributed by atoms with Crippen LogP contribution in [-0.2, 0) is 6.42 Å². The van der Waals surface area contributed by atoms with E-state index >= 15 is 0 Å². The highest BCUT2D eigenvalue weighted by Gasteiger charge is 2.19. The van der Waals surface area contributed by atoms with E-state index < -0.39 is 0 Å². The van der Waals surface area contributed by atoms with E-state index in [-0.39, 0.29) is 0 Å². The van der Waals surface area contributed by atoms with Gasteiger partial charge in [-0.2, -0.15) is 0 Å². The Balaban J connectivity index is 2.07. The minimum atomic E-state index is 0.328. The highest BCUT2D eigenvalue weighted by atomic mass is 32.1. The van der Waals surface area contributed by atoms with E-state index in [1.807, 2.05) is 23.6 Å². The standard InChI is InChI=1S/C19H22N2S/c1-14(16-9-6-7-12-20-16)19-15-8-4-5-10-17(15)22-18(19)11-13-21(2)3/h4-10,12,14H,11,13H2,1-3H3/t14-/m0/s1/i2+2. The number of pyridine rings is 1. The van der Waals surface area contributed by atoms with Crippen LogP contribution in [0, 0.1) is 0 Å². The van der Waals surface area contributed by atoms with Crippen molar-refractivity contribution >= 4 is 21.4 Å². The Labute approximate surface area is 136 Å². The van der Waals surface area contributed by atoms with Crippen LogP contribution < -0.4 is 0 Å². The minimum Gasteiger partial charge on any atom is -0.309 e. The molecule has 1 atom stereocenters. The van der Waals surface area contributed by atoms with Gasteiger partial charge in [0.1, 0.15) is 0 Å². The van der Waals surface area contributed by atoms with Gasteiger partial charge in [0.2, 0.25) is 0 Å². The Kier molecular flexibility index (Phi) is 4.55. The number of hydrogen-bond acceptors (Lipinski definition) is 3. The first kappa shape index (κ1) is 15.2. The van der Waals surface area contributed by atoms with E-state index in [4.69, 9.17) is 0 Å². The highest BCUT2D eigenvalue weighted by Crippen LogP contribution is 2.38. The van der Waals surface area contributed by atoms with Gasteiger partial charge in [0, 0.05) is 33.9 Å². The number of benzene rings is 1. The van der Waals surface area contributed by atoms with Crippen molar-refractivity contribution in [2.45, 2.75) is 19.3 Å². The van der Waals surface area contributed by atoms with Crippen LogP contribution in [0.2, 0.25) is 0 Å². The van der Waals surface area contributed by atoms with Gasteiger partial charge in [-0.1, -0.05) is 31.2 Å². The van der Waals surface area contributed by atoms with E-state index in [0.717, 1.165) is 18.7 Å². The maximum absolute atomic E-state index is 4.57. The van der Waals surface area contributed by atoms with Crippen LogP contribution >= 0.6 is 11.3 Å². The van der Waals surface area contributed by atoms with Crippen molar-refractivity contribution in [3.05, 3.63) is 64.8 Å². The van der Waals surface area contributed by atoms with Crippen LogP contribution in [-0.4, -0.2) is 30.5 Å². The van der Waals surface area contributed by atoms with E-state index in [0.29, 0.717) is 5.92 Å². The first-order valence-corrected chi connectivity index (χ1v) is 8.54. The third-order valence-corrected chi connectivity index (χ3v) is 5.31. The molecule has 1 aromatic carbocycles. The fourth-order valence-electron chi connectivity index (χ4n) is 2.88. The summed E-state index contributed by atoms with van der Waals surface area (Å²) in [5.41, 5.74) is 2.61. The number of hydrogen-bond donors (Lipinski definition) is 0. The molecule has 2 heterocycles. The highest BCUT2D eigenvalue weighted by molar-refractivity contribution is 7.19. The average Bonchev–Trinajstić information content (AvgIpc) is 2.91. The van der Waals surface area contributed by atoms with Crippen LogP contribution in [0.15, 0.2) is 48.7 Å². The van der Waals surface area contributed by atoms with Gasteiger partial charge in [-0.3, -0.25) is 4.98 Å². The molecule has 3 heteroatoms. The summed E-state index contributed by atoms with van der Waals surface area (Å²) in [7, 11) is 4.27. The summed E-state index contributed by atoms with van der Waals surface area (Å²) in [6.45, 7) is 3.35. The van der Waals surface area contributed by atoms with Gasteiger partial charge >= 0.3 is 0 Å². The number of likely N-dealkylation sites (N-methyl/N-ethyl adjacent to an activating group) is 1. The third-order valence-electron chi connectivity index (χ3n) is 4.06. The maximum Gasteiger partial charge on any atom is 0.0476 e. The number of thiophene rings is 1. The van der Waals surface area contributed by atoms with Gasteiger partial charge in [-0.15, -0.1) is 11.3 Å². The largest absolute Gasteiger partial charge is 0.309 e. The zero-order valence-corrected chi connectivity index (χ0v) is 14.2. The molecule has 2 nitrogen and oxygen atoms in total. The zero-order chi connectivity index (χ0) is 15.5. The molecule has 114 valence electrons. The lowest BCUT2D eigenvalue weighted by atomic mass is 9.93. The van der Waals surface area contributed by atoms with E-state index in [9.17, 15) is 0 Å². The van der Waals surface area contributed by atoms with Crippen LogP contribution in [0.1, 0.15) is 29.0 Å². The lowest BCUT2D eigenvalue weighted by Gasteiger charge is -2.15. The smallest absolute Gasteiger partial charge is 0.0476 e. The van der Waals surface area contributed by atoms with E-state index in [2.05, 4.69) is 67.3 Å². The number of nitrogens with zero attached hydrogens (tertiary/aromatic N) is 2. The molecule has 0 saturated heterocycles. The maximum atomic E-state index is 4.57. The SMILES string of the molecule is C[C@@H](c1ccccn1)c1c(CCN(C)[14CH3])sc2ccccc12. The summed E-state index contributed by atoms with van der Waals surface area (Å²) in [4.78, 5) is 8.32. The molecule has 0 aliphatic rings. The molecule has 2 aromatic heterocycles. The quantitative estimate of drug-likeness (QED) is 0.687. The third kappa shape index (κ3) is 3.06. The van der Waals surface area contributed by atoms with Crippen molar-refractivity contribution in [2.75, 3.05) is 20.6 Å². The summed E-state index contributed by atoms with van der Waals surface area (Å²) in [6.07, 6.45) is 2.98. The number of aromatic nitrogens is 1. The van der Waals surface area contributed by atoms with Gasteiger partial charge in [-0.05, 0) is 49.7 Å². The Bertz CT molecular complexity index is 746. The van der Waals surface area contributed by atoms with Gasteiger partial charge in [0.15, 0.2) is 0 Å². The predicted octanol–water partition coefficient (Wildman–Crippen LogP) is 4.55. The Morgan fingerprint density at radius 3 is 2.68 bits per heavy atom. The van der Waals surface area contributed by atoms with Crippen molar-refractivity contribution in [2.24, 2.45) is 0 Å². The van der Waals surface area contributed by atoms with Gasteiger partial charge in [-0.25, -0.2) is 0 Å². The van der Waals surface area contributed by atoms with Crippen LogP contribution in [0.5, 0.6) is 0 Å². The molecule has 0 saturated carbocycles. The molecular weight excluding hydrogens is 290 g/mol. The average molecular weight is 312 g/mol. The van der Waals surface area contributed by atoms with Gasteiger partial charge < -0.3 is 4.90 Å². The van der Waals surface area contributed by atoms with E-state index in [1.165, 1.54) is 20.5 Å².